The molecule has 0 radical (unpaired) electrons. The molecule has 10 N–H and O–H groups in total. The van der Waals surface area contributed by atoms with Crippen LogP contribution in [0.25, 0.3) is 66.1 Å². The van der Waals surface area contributed by atoms with E-state index in [9.17, 15) is 0 Å². The molecule has 262 valence electrons. The van der Waals surface area contributed by atoms with Crippen molar-refractivity contribution in [1.29, 1.82) is 0 Å². The van der Waals surface area contributed by atoms with Gasteiger partial charge in [0, 0.05) is 64.0 Å². The van der Waals surface area contributed by atoms with Crippen LogP contribution in [0.15, 0.2) is 73.1 Å². The number of aromatic nitrogens is 8. The minimum atomic E-state index is 0.0669. The largest absolute Gasteiger partial charge is 0.382 e. The number of nitrogen functional groups attached to an aromatic ring is 2. The molecular weight excluding hydrogens is 637 g/mol. The molecule has 51 heavy (non-hydrogen) atoms. The summed E-state index contributed by atoms with van der Waals surface area (Å²) in [6.07, 6.45) is 4.85. The second-order valence-corrected chi connectivity index (χ2v) is 14.5. The van der Waals surface area contributed by atoms with Crippen molar-refractivity contribution in [2.24, 2.45) is 5.92 Å². The normalized spacial score (nSPS) is 12.0. The Morgan fingerprint density at radius 1 is 0.667 bits per heavy atom. The van der Waals surface area contributed by atoms with Crippen molar-refractivity contribution in [3.63, 3.8) is 0 Å². The summed E-state index contributed by atoms with van der Waals surface area (Å²) in [4.78, 5) is 15.8. The van der Waals surface area contributed by atoms with Crippen LogP contribution in [-0.4, -0.2) is 52.4 Å². The van der Waals surface area contributed by atoms with Crippen LogP contribution >= 0.6 is 0 Å². The number of nitrogens with two attached hydrogens (primary N) is 2. The molecule has 6 heterocycles. The van der Waals surface area contributed by atoms with E-state index in [4.69, 9.17) is 11.5 Å². The number of H-pyrrole nitrogens is 4. The fraction of sp³-hybridized carbons (Fsp3) is 0.282. The number of hydrogen-bond donors (Lipinski definition) is 8. The molecule has 0 aliphatic heterocycles. The number of fused-ring (bicyclic) bond motifs is 4. The zero-order valence-corrected chi connectivity index (χ0v) is 29.8. The van der Waals surface area contributed by atoms with Crippen molar-refractivity contribution >= 4 is 55.5 Å². The second-order valence-electron chi connectivity index (χ2n) is 14.5. The Bertz CT molecular complexity index is 2440. The summed E-state index contributed by atoms with van der Waals surface area (Å²) in [5, 5.41) is 25.1. The SMILES string of the molecule is CC(C)(C)NCc1cc2c(-c3ccc4[nH]nc(N)c4c3)ccnc2[nH]1.CC(C)CCNCc1cc2c(-c3ccc4[nH]nc(N)c4c3)ccnc2[nH]1. The van der Waals surface area contributed by atoms with Crippen molar-refractivity contribution in [1.82, 2.24) is 51.0 Å². The van der Waals surface area contributed by atoms with Crippen LogP contribution in [0.5, 0.6) is 0 Å². The molecule has 0 bridgehead atoms. The van der Waals surface area contributed by atoms with Crippen molar-refractivity contribution in [2.45, 2.75) is 59.7 Å². The first-order valence-electron chi connectivity index (χ1n) is 17.4. The van der Waals surface area contributed by atoms with Gasteiger partial charge in [0.05, 0.1) is 11.0 Å². The van der Waals surface area contributed by atoms with Crippen LogP contribution in [0, 0.1) is 5.92 Å². The Labute approximate surface area is 296 Å². The molecule has 8 aromatic rings. The van der Waals surface area contributed by atoms with Gasteiger partial charge in [-0.3, -0.25) is 10.2 Å². The number of pyridine rings is 2. The molecule has 0 aliphatic rings. The van der Waals surface area contributed by atoms with Crippen LogP contribution in [0.2, 0.25) is 0 Å². The second kappa shape index (κ2) is 13.9. The average Bonchev–Trinajstić information content (AvgIpc) is 3.90. The zero-order valence-electron chi connectivity index (χ0n) is 29.8. The Kier molecular flexibility index (Phi) is 9.19. The molecule has 6 aromatic heterocycles. The highest BCUT2D eigenvalue weighted by Crippen LogP contribution is 2.33. The summed E-state index contributed by atoms with van der Waals surface area (Å²) in [5.74, 6) is 1.76. The van der Waals surface area contributed by atoms with Gasteiger partial charge in [0.25, 0.3) is 0 Å². The minimum Gasteiger partial charge on any atom is -0.382 e. The molecule has 12 nitrogen and oxygen atoms in total. The van der Waals surface area contributed by atoms with Crippen LogP contribution in [-0.2, 0) is 13.1 Å². The summed E-state index contributed by atoms with van der Waals surface area (Å²) >= 11 is 0. The van der Waals surface area contributed by atoms with Gasteiger partial charge in [-0.1, -0.05) is 26.0 Å². The fourth-order valence-corrected chi connectivity index (χ4v) is 6.23. The van der Waals surface area contributed by atoms with Gasteiger partial charge in [-0.25, -0.2) is 9.97 Å². The lowest BCUT2D eigenvalue weighted by molar-refractivity contribution is 0.422. The quantitative estimate of drug-likeness (QED) is 0.0722. The van der Waals surface area contributed by atoms with Gasteiger partial charge in [0.15, 0.2) is 11.6 Å². The molecular formula is C39H46N12. The molecule has 0 atom stereocenters. The summed E-state index contributed by atoms with van der Waals surface area (Å²) in [6.45, 7) is 13.6. The highest BCUT2D eigenvalue weighted by Gasteiger charge is 2.14. The molecule has 0 saturated carbocycles. The highest BCUT2D eigenvalue weighted by atomic mass is 15.2. The van der Waals surface area contributed by atoms with Crippen molar-refractivity contribution in [2.75, 3.05) is 18.0 Å². The molecule has 0 unspecified atom stereocenters. The summed E-state index contributed by atoms with van der Waals surface area (Å²) < 4.78 is 0. The Hall–Kier alpha value is -5.72. The van der Waals surface area contributed by atoms with E-state index in [1.54, 1.807) is 0 Å². The van der Waals surface area contributed by atoms with E-state index in [2.05, 4.69) is 122 Å². The van der Waals surface area contributed by atoms with E-state index < -0.39 is 0 Å². The molecule has 2 aromatic carbocycles. The number of aromatic amines is 4. The highest BCUT2D eigenvalue weighted by molar-refractivity contribution is 5.99. The monoisotopic (exact) mass is 682 g/mol. The van der Waals surface area contributed by atoms with E-state index in [0.29, 0.717) is 17.6 Å². The van der Waals surface area contributed by atoms with Gasteiger partial charge in [-0.05, 0) is 110 Å². The number of nitrogens with zero attached hydrogens (tertiary/aromatic N) is 4. The third kappa shape index (κ3) is 7.42. The lowest BCUT2D eigenvalue weighted by atomic mass is 10.0. The van der Waals surface area contributed by atoms with Gasteiger partial charge >= 0.3 is 0 Å². The predicted octanol–water partition coefficient (Wildman–Crippen LogP) is 7.40. The molecule has 0 fully saturated rings. The van der Waals surface area contributed by atoms with Gasteiger partial charge in [0.1, 0.15) is 11.3 Å². The minimum absolute atomic E-state index is 0.0669. The van der Waals surface area contributed by atoms with Gasteiger partial charge in [-0.15, -0.1) is 0 Å². The first kappa shape index (κ1) is 33.8. The van der Waals surface area contributed by atoms with Crippen LogP contribution in [0.1, 0.15) is 52.4 Å². The number of rotatable bonds is 9. The van der Waals surface area contributed by atoms with E-state index in [1.165, 1.54) is 6.42 Å². The first-order chi connectivity index (χ1) is 24.5. The number of benzene rings is 2. The van der Waals surface area contributed by atoms with Gasteiger partial charge < -0.3 is 32.1 Å². The average molecular weight is 683 g/mol. The molecule has 0 saturated heterocycles. The van der Waals surface area contributed by atoms with Crippen LogP contribution in [0.4, 0.5) is 11.6 Å². The smallest absolute Gasteiger partial charge is 0.153 e. The number of nitrogens with one attached hydrogen (secondary N) is 6. The topological polar surface area (TPSA) is 191 Å². The molecule has 12 heteroatoms. The maximum atomic E-state index is 5.96. The third-order valence-electron chi connectivity index (χ3n) is 9.01. The van der Waals surface area contributed by atoms with Crippen molar-refractivity contribution in [3.8, 4) is 22.3 Å². The van der Waals surface area contributed by atoms with E-state index >= 15 is 0 Å². The van der Waals surface area contributed by atoms with Crippen molar-refractivity contribution in [3.05, 3.63) is 84.4 Å². The maximum absolute atomic E-state index is 5.96. The molecule has 0 spiro atoms. The Morgan fingerprint density at radius 3 is 1.67 bits per heavy atom. The Balaban J connectivity index is 0.000000159. The van der Waals surface area contributed by atoms with E-state index in [-0.39, 0.29) is 5.54 Å². The van der Waals surface area contributed by atoms with E-state index in [0.717, 1.165) is 97.1 Å². The van der Waals surface area contributed by atoms with Crippen LogP contribution < -0.4 is 22.1 Å². The lowest BCUT2D eigenvalue weighted by Crippen LogP contribution is -2.35. The Morgan fingerprint density at radius 2 is 1.18 bits per heavy atom. The molecule has 0 amide bonds. The van der Waals surface area contributed by atoms with E-state index in [1.807, 2.05) is 36.7 Å². The first-order valence-corrected chi connectivity index (χ1v) is 17.4. The molecule has 8 rings (SSSR count). The summed E-state index contributed by atoms with van der Waals surface area (Å²) in [6, 6.07) is 20.8. The van der Waals surface area contributed by atoms with Crippen molar-refractivity contribution < 1.29 is 0 Å². The predicted molar refractivity (Wildman–Crippen MR) is 209 cm³/mol. The van der Waals surface area contributed by atoms with Crippen LogP contribution in [0.3, 0.4) is 0 Å². The third-order valence-corrected chi connectivity index (χ3v) is 9.01. The van der Waals surface area contributed by atoms with Gasteiger partial charge in [0.2, 0.25) is 0 Å². The summed E-state index contributed by atoms with van der Waals surface area (Å²) in [7, 11) is 0. The lowest BCUT2D eigenvalue weighted by Gasteiger charge is -2.19. The molecule has 0 aliphatic carbocycles. The zero-order chi connectivity index (χ0) is 35.7. The number of anilines is 2. The number of hydrogen-bond acceptors (Lipinski definition) is 8. The fourth-order valence-electron chi connectivity index (χ4n) is 6.23. The van der Waals surface area contributed by atoms with Gasteiger partial charge in [-0.2, -0.15) is 10.2 Å². The maximum Gasteiger partial charge on any atom is 0.153 e. The standard InChI is InChI=1S/C20H24N6.C19H22N6/c1-12(2)5-7-22-11-14-10-16-15(6-8-23-20(16)24-14)13-3-4-18-17(9-13)19(21)26-25-18;1-19(2,3)22-10-12-9-14-13(6-7-21-18(14)23-12)11-4-5-16-15(8-11)17(20)25-24-16/h3-4,6,8-10,12,22H,5,7,11H2,1-2H3,(H,23,24)(H3,21,25,26);4-9,22H,10H2,1-3H3,(H,21,23)(H3,20,24,25). The summed E-state index contributed by atoms with van der Waals surface area (Å²) in [5.41, 5.74) is 22.4.